The molecule has 4 N–H and O–H groups in total. The highest BCUT2D eigenvalue weighted by atomic mass is 16.2. The number of H-pyrrole nitrogens is 1. The summed E-state index contributed by atoms with van der Waals surface area (Å²) in [5.74, 6) is -0.103. The molecule has 1 aromatic heterocycles. The zero-order chi connectivity index (χ0) is 19.7. The standard InChI is InChI=1S/C20H19N5O3/c1-11-21-15-7-6-12(10-17(15)22-11)23-18(26)9-8-16-20(28)24-14-5-3-2-4-13(14)19(27)25-16/h2-7,10,16H,8-9H2,1H3,(H,21,22)(H,23,26)(H,24,28)(H,25,27)/t16-/m1/s1. The molecule has 0 fully saturated rings. The van der Waals surface area contributed by atoms with Crippen molar-refractivity contribution in [1.29, 1.82) is 0 Å². The Morgan fingerprint density at radius 3 is 2.86 bits per heavy atom. The Morgan fingerprint density at radius 1 is 1.18 bits per heavy atom. The van der Waals surface area contributed by atoms with Crippen LogP contribution < -0.4 is 16.0 Å². The van der Waals surface area contributed by atoms with Crippen molar-refractivity contribution in [2.75, 3.05) is 10.6 Å². The number of hydrogen-bond donors (Lipinski definition) is 4. The molecule has 0 radical (unpaired) electrons. The molecule has 142 valence electrons. The minimum atomic E-state index is -0.775. The van der Waals surface area contributed by atoms with E-state index in [0.29, 0.717) is 16.9 Å². The fraction of sp³-hybridized carbons (Fsp3) is 0.200. The molecule has 0 aliphatic carbocycles. The molecule has 2 heterocycles. The molecule has 1 aliphatic heterocycles. The number of nitrogens with zero attached hydrogens (tertiary/aromatic N) is 1. The Morgan fingerprint density at radius 2 is 2.00 bits per heavy atom. The van der Waals surface area contributed by atoms with Gasteiger partial charge in [-0.1, -0.05) is 12.1 Å². The number of rotatable bonds is 4. The molecule has 4 rings (SSSR count). The maximum atomic E-state index is 12.4. The Balaban J connectivity index is 1.38. The molecule has 8 heteroatoms. The summed E-state index contributed by atoms with van der Waals surface area (Å²) >= 11 is 0. The molecule has 0 unspecified atom stereocenters. The predicted molar refractivity (Wildman–Crippen MR) is 105 cm³/mol. The number of carbonyl (C=O) groups excluding carboxylic acids is 3. The highest BCUT2D eigenvalue weighted by molar-refractivity contribution is 6.10. The summed E-state index contributed by atoms with van der Waals surface area (Å²) in [5.41, 5.74) is 3.19. The van der Waals surface area contributed by atoms with Crippen molar-refractivity contribution >= 4 is 40.1 Å². The summed E-state index contributed by atoms with van der Waals surface area (Å²) in [5, 5.41) is 8.23. The molecule has 1 aliphatic rings. The molecule has 3 amide bonds. The van der Waals surface area contributed by atoms with Gasteiger partial charge >= 0.3 is 0 Å². The lowest BCUT2D eigenvalue weighted by Crippen LogP contribution is -2.41. The van der Waals surface area contributed by atoms with Gasteiger partial charge in [0.15, 0.2) is 0 Å². The number of para-hydroxylation sites is 1. The fourth-order valence-corrected chi connectivity index (χ4v) is 3.23. The van der Waals surface area contributed by atoms with Gasteiger partial charge in [-0.2, -0.15) is 0 Å². The molecule has 28 heavy (non-hydrogen) atoms. The van der Waals surface area contributed by atoms with E-state index in [-0.39, 0.29) is 30.6 Å². The van der Waals surface area contributed by atoms with Crippen LogP contribution in [0.15, 0.2) is 42.5 Å². The first-order chi connectivity index (χ1) is 13.5. The van der Waals surface area contributed by atoms with Crippen molar-refractivity contribution in [2.45, 2.75) is 25.8 Å². The van der Waals surface area contributed by atoms with Crippen molar-refractivity contribution in [1.82, 2.24) is 15.3 Å². The number of imidazole rings is 1. The van der Waals surface area contributed by atoms with Crippen molar-refractivity contribution in [3.05, 3.63) is 53.9 Å². The van der Waals surface area contributed by atoms with Crippen LogP contribution in [0.25, 0.3) is 11.0 Å². The van der Waals surface area contributed by atoms with Gasteiger partial charge in [0.2, 0.25) is 11.8 Å². The second-order valence-electron chi connectivity index (χ2n) is 6.70. The van der Waals surface area contributed by atoms with E-state index < -0.39 is 6.04 Å². The number of aromatic amines is 1. The average Bonchev–Trinajstić information content (AvgIpc) is 2.98. The van der Waals surface area contributed by atoms with Crippen molar-refractivity contribution < 1.29 is 14.4 Å². The number of nitrogens with one attached hydrogen (secondary N) is 4. The molecule has 2 aromatic carbocycles. The topological polar surface area (TPSA) is 116 Å². The third kappa shape index (κ3) is 3.57. The molecule has 0 saturated heterocycles. The molecule has 0 spiro atoms. The van der Waals surface area contributed by atoms with Crippen LogP contribution in [-0.2, 0) is 9.59 Å². The largest absolute Gasteiger partial charge is 0.342 e. The number of fused-ring (bicyclic) bond motifs is 2. The number of aryl methyl sites for hydroxylation is 1. The first-order valence-electron chi connectivity index (χ1n) is 8.96. The van der Waals surface area contributed by atoms with Crippen LogP contribution in [0.3, 0.4) is 0 Å². The lowest BCUT2D eigenvalue weighted by atomic mass is 10.1. The first-order valence-corrected chi connectivity index (χ1v) is 8.96. The lowest BCUT2D eigenvalue weighted by Gasteiger charge is -2.14. The third-order valence-corrected chi connectivity index (χ3v) is 4.60. The Hall–Kier alpha value is -3.68. The molecule has 1 atom stereocenters. The van der Waals surface area contributed by atoms with E-state index in [1.165, 1.54) is 0 Å². The average molecular weight is 377 g/mol. The molecular formula is C20H19N5O3. The molecule has 3 aromatic rings. The van der Waals surface area contributed by atoms with E-state index >= 15 is 0 Å². The number of amides is 3. The maximum Gasteiger partial charge on any atom is 0.254 e. The zero-order valence-corrected chi connectivity index (χ0v) is 15.2. The van der Waals surface area contributed by atoms with E-state index in [9.17, 15) is 14.4 Å². The molecule has 8 nitrogen and oxygen atoms in total. The Bertz CT molecular complexity index is 1090. The smallest absolute Gasteiger partial charge is 0.254 e. The monoisotopic (exact) mass is 377 g/mol. The molecule has 0 saturated carbocycles. The van der Waals surface area contributed by atoms with Crippen LogP contribution in [0.4, 0.5) is 11.4 Å². The molecular weight excluding hydrogens is 358 g/mol. The highest BCUT2D eigenvalue weighted by Crippen LogP contribution is 2.20. The zero-order valence-electron chi connectivity index (χ0n) is 15.2. The van der Waals surface area contributed by atoms with Crippen LogP contribution >= 0.6 is 0 Å². The second kappa shape index (κ2) is 7.15. The van der Waals surface area contributed by atoms with Crippen molar-refractivity contribution in [3.63, 3.8) is 0 Å². The fourth-order valence-electron chi connectivity index (χ4n) is 3.23. The second-order valence-corrected chi connectivity index (χ2v) is 6.70. The van der Waals surface area contributed by atoms with Crippen molar-refractivity contribution in [2.24, 2.45) is 0 Å². The number of anilines is 2. The van der Waals surface area contributed by atoms with E-state index in [1.54, 1.807) is 30.3 Å². The van der Waals surface area contributed by atoms with Gasteiger partial charge in [-0.15, -0.1) is 0 Å². The summed E-state index contributed by atoms with van der Waals surface area (Å²) in [6, 6.07) is 11.4. The normalized spacial score (nSPS) is 16.1. The number of carbonyl (C=O) groups is 3. The lowest BCUT2D eigenvalue weighted by molar-refractivity contribution is -0.118. The third-order valence-electron chi connectivity index (χ3n) is 4.60. The van der Waals surface area contributed by atoms with E-state index in [4.69, 9.17) is 0 Å². The van der Waals surface area contributed by atoms with Gasteiger partial charge in [-0.25, -0.2) is 4.98 Å². The van der Waals surface area contributed by atoms with Crippen LogP contribution in [0.1, 0.15) is 29.0 Å². The SMILES string of the molecule is Cc1nc2ccc(NC(=O)CC[C@H]3NC(=O)c4ccccc4NC3=O)cc2[nH]1. The van der Waals surface area contributed by atoms with Gasteiger partial charge < -0.3 is 20.9 Å². The van der Waals surface area contributed by atoms with Gasteiger partial charge in [0, 0.05) is 12.1 Å². The van der Waals surface area contributed by atoms with Gasteiger partial charge in [0.25, 0.3) is 5.91 Å². The first kappa shape index (κ1) is 17.7. The number of aromatic nitrogens is 2. The van der Waals surface area contributed by atoms with Crippen LogP contribution in [0.5, 0.6) is 0 Å². The summed E-state index contributed by atoms with van der Waals surface area (Å²) in [7, 11) is 0. The van der Waals surface area contributed by atoms with Crippen molar-refractivity contribution in [3.8, 4) is 0 Å². The highest BCUT2D eigenvalue weighted by Gasteiger charge is 2.27. The molecule has 0 bridgehead atoms. The summed E-state index contributed by atoms with van der Waals surface area (Å²) in [6.07, 6.45) is 0.289. The van der Waals surface area contributed by atoms with Gasteiger partial charge in [-0.05, 0) is 43.7 Å². The minimum Gasteiger partial charge on any atom is -0.342 e. The van der Waals surface area contributed by atoms with Crippen LogP contribution in [-0.4, -0.2) is 33.7 Å². The summed E-state index contributed by atoms with van der Waals surface area (Å²) in [4.78, 5) is 44.4. The van der Waals surface area contributed by atoms with Gasteiger partial charge in [0.1, 0.15) is 11.9 Å². The Labute approximate surface area is 160 Å². The minimum absolute atomic E-state index is 0.0920. The number of hydrogen-bond acceptors (Lipinski definition) is 4. The maximum absolute atomic E-state index is 12.4. The summed E-state index contributed by atoms with van der Waals surface area (Å²) < 4.78 is 0. The van der Waals surface area contributed by atoms with Crippen LogP contribution in [0, 0.1) is 6.92 Å². The predicted octanol–water partition coefficient (Wildman–Crippen LogP) is 2.34. The number of benzene rings is 2. The Kier molecular flexibility index (Phi) is 4.52. The quantitative estimate of drug-likeness (QED) is 0.558. The van der Waals surface area contributed by atoms with Gasteiger partial charge in [-0.3, -0.25) is 14.4 Å². The summed E-state index contributed by atoms with van der Waals surface area (Å²) in [6.45, 7) is 1.86. The van der Waals surface area contributed by atoms with E-state index in [2.05, 4.69) is 25.9 Å². The van der Waals surface area contributed by atoms with Crippen LogP contribution in [0.2, 0.25) is 0 Å². The van der Waals surface area contributed by atoms with E-state index in [0.717, 1.165) is 16.9 Å². The van der Waals surface area contributed by atoms with Gasteiger partial charge in [0.05, 0.1) is 22.3 Å². The van der Waals surface area contributed by atoms with E-state index in [1.807, 2.05) is 19.1 Å².